The highest BCUT2D eigenvalue weighted by atomic mass is 16.4. The van der Waals surface area contributed by atoms with Gasteiger partial charge in [-0.1, -0.05) is 13.8 Å². The van der Waals surface area contributed by atoms with E-state index in [9.17, 15) is 4.79 Å². The molecule has 1 N–H and O–H groups in total. The van der Waals surface area contributed by atoms with Crippen LogP contribution in [0.3, 0.4) is 0 Å². The zero-order chi connectivity index (χ0) is 10.1. The first-order valence-electron chi connectivity index (χ1n) is 4.88. The maximum absolute atomic E-state index is 10.9. The second-order valence-electron chi connectivity index (χ2n) is 4.68. The van der Waals surface area contributed by atoms with Crippen LogP contribution in [0.4, 0.5) is 0 Å². The van der Waals surface area contributed by atoms with Crippen LogP contribution in [-0.2, 0) is 4.79 Å². The fourth-order valence-corrected chi connectivity index (χ4v) is 1.80. The van der Waals surface area contributed by atoms with E-state index >= 15 is 0 Å². The van der Waals surface area contributed by atoms with Crippen molar-refractivity contribution >= 4 is 5.97 Å². The van der Waals surface area contributed by atoms with E-state index in [1.807, 2.05) is 7.05 Å². The molecule has 0 heterocycles. The minimum absolute atomic E-state index is 0.399. The highest BCUT2D eigenvalue weighted by molar-refractivity contribution is 5.78. The van der Waals surface area contributed by atoms with Gasteiger partial charge in [0.15, 0.2) is 0 Å². The molecule has 76 valence electrons. The minimum Gasteiger partial charge on any atom is -0.481 e. The molecule has 0 spiro atoms. The predicted octanol–water partition coefficient (Wildman–Crippen LogP) is 1.44. The molecule has 0 bridgehead atoms. The van der Waals surface area contributed by atoms with E-state index in [1.165, 1.54) is 0 Å². The summed E-state index contributed by atoms with van der Waals surface area (Å²) in [6.45, 7) is 5.99. The lowest BCUT2D eigenvalue weighted by Crippen LogP contribution is -2.33. The summed E-state index contributed by atoms with van der Waals surface area (Å²) in [6, 6.07) is 0. The Labute approximate surface area is 79.7 Å². The molecule has 1 saturated carbocycles. The van der Waals surface area contributed by atoms with Crippen LogP contribution in [0.5, 0.6) is 0 Å². The molecule has 3 heteroatoms. The molecular weight excluding hydrogens is 166 g/mol. The van der Waals surface area contributed by atoms with Crippen molar-refractivity contribution in [3.8, 4) is 0 Å². The van der Waals surface area contributed by atoms with Crippen LogP contribution in [0.15, 0.2) is 0 Å². The van der Waals surface area contributed by atoms with Gasteiger partial charge in [-0.15, -0.1) is 0 Å². The molecule has 0 saturated heterocycles. The molecule has 0 aliphatic heterocycles. The summed E-state index contributed by atoms with van der Waals surface area (Å²) in [6.07, 6.45) is 1.70. The third-order valence-corrected chi connectivity index (χ3v) is 2.56. The van der Waals surface area contributed by atoms with Gasteiger partial charge in [-0.3, -0.25) is 4.79 Å². The normalized spacial score (nSPS) is 19.5. The number of hydrogen-bond acceptors (Lipinski definition) is 2. The first-order chi connectivity index (χ1) is 5.96. The molecule has 1 aliphatic rings. The average molecular weight is 185 g/mol. The first kappa shape index (κ1) is 10.5. The zero-order valence-corrected chi connectivity index (χ0v) is 8.71. The lowest BCUT2D eigenvalue weighted by molar-refractivity contribution is -0.144. The maximum atomic E-state index is 10.9. The summed E-state index contributed by atoms with van der Waals surface area (Å²) in [5.41, 5.74) is -0.399. The number of aliphatic carboxylic acids is 1. The third kappa shape index (κ3) is 2.69. The molecule has 0 aromatic heterocycles. The Morgan fingerprint density at radius 1 is 1.54 bits per heavy atom. The minimum atomic E-state index is -0.622. The second kappa shape index (κ2) is 3.66. The van der Waals surface area contributed by atoms with Crippen molar-refractivity contribution in [1.29, 1.82) is 0 Å². The molecular formula is C10H19NO2. The standard InChI is InChI=1S/C10H19NO2/c1-8(2)6-11(3)7-10(4-5-10)9(12)13/h8H,4-7H2,1-3H3,(H,12,13). The van der Waals surface area contributed by atoms with Crippen LogP contribution < -0.4 is 0 Å². The Morgan fingerprint density at radius 2 is 2.08 bits per heavy atom. The molecule has 1 rings (SSSR count). The average Bonchev–Trinajstić information content (AvgIpc) is 2.66. The largest absolute Gasteiger partial charge is 0.481 e. The number of nitrogens with zero attached hydrogens (tertiary/aromatic N) is 1. The molecule has 3 nitrogen and oxygen atoms in total. The van der Waals surface area contributed by atoms with Crippen molar-refractivity contribution in [2.45, 2.75) is 26.7 Å². The van der Waals surface area contributed by atoms with E-state index in [0.717, 1.165) is 19.4 Å². The number of carboxylic acids is 1. The highest BCUT2D eigenvalue weighted by Gasteiger charge is 2.50. The Bertz CT molecular complexity index is 197. The quantitative estimate of drug-likeness (QED) is 0.704. The second-order valence-corrected chi connectivity index (χ2v) is 4.68. The van der Waals surface area contributed by atoms with Gasteiger partial charge in [-0.05, 0) is 25.8 Å². The van der Waals surface area contributed by atoms with Crippen molar-refractivity contribution in [2.24, 2.45) is 11.3 Å². The van der Waals surface area contributed by atoms with Gasteiger partial charge in [0.25, 0.3) is 0 Å². The summed E-state index contributed by atoms with van der Waals surface area (Å²) in [4.78, 5) is 13.0. The molecule has 0 aromatic carbocycles. The number of carboxylic acid groups (broad SMARTS) is 1. The molecule has 13 heavy (non-hydrogen) atoms. The summed E-state index contributed by atoms with van der Waals surface area (Å²) in [5.74, 6) is -0.0160. The topological polar surface area (TPSA) is 40.5 Å². The summed E-state index contributed by atoms with van der Waals surface area (Å²) >= 11 is 0. The third-order valence-electron chi connectivity index (χ3n) is 2.56. The summed E-state index contributed by atoms with van der Waals surface area (Å²) < 4.78 is 0. The van der Waals surface area contributed by atoms with Gasteiger partial charge in [0, 0.05) is 13.1 Å². The van der Waals surface area contributed by atoms with Gasteiger partial charge in [0.1, 0.15) is 0 Å². The molecule has 0 unspecified atom stereocenters. The predicted molar refractivity (Wildman–Crippen MR) is 51.6 cm³/mol. The van der Waals surface area contributed by atoms with Gasteiger partial charge in [-0.25, -0.2) is 0 Å². The van der Waals surface area contributed by atoms with E-state index in [1.54, 1.807) is 0 Å². The Hall–Kier alpha value is -0.570. The van der Waals surface area contributed by atoms with Crippen molar-refractivity contribution in [3.63, 3.8) is 0 Å². The van der Waals surface area contributed by atoms with Crippen molar-refractivity contribution in [3.05, 3.63) is 0 Å². The Balaban J connectivity index is 2.36. The van der Waals surface area contributed by atoms with E-state index in [4.69, 9.17) is 5.11 Å². The molecule has 0 atom stereocenters. The maximum Gasteiger partial charge on any atom is 0.310 e. The lowest BCUT2D eigenvalue weighted by Gasteiger charge is -2.22. The van der Waals surface area contributed by atoms with Gasteiger partial charge in [0.05, 0.1) is 5.41 Å². The van der Waals surface area contributed by atoms with Crippen LogP contribution in [0.1, 0.15) is 26.7 Å². The van der Waals surface area contributed by atoms with Crippen molar-refractivity contribution < 1.29 is 9.90 Å². The van der Waals surface area contributed by atoms with Gasteiger partial charge >= 0.3 is 5.97 Å². The molecule has 1 fully saturated rings. The Kier molecular flexibility index (Phi) is 2.96. The van der Waals surface area contributed by atoms with Crippen LogP contribution >= 0.6 is 0 Å². The van der Waals surface area contributed by atoms with E-state index < -0.39 is 11.4 Å². The fourth-order valence-electron chi connectivity index (χ4n) is 1.80. The highest BCUT2D eigenvalue weighted by Crippen LogP contribution is 2.46. The van der Waals surface area contributed by atoms with E-state index in [0.29, 0.717) is 12.5 Å². The summed E-state index contributed by atoms with van der Waals surface area (Å²) in [5, 5.41) is 8.96. The SMILES string of the molecule is CC(C)CN(C)CC1(C(=O)O)CC1. The first-order valence-corrected chi connectivity index (χ1v) is 4.88. The smallest absolute Gasteiger partial charge is 0.310 e. The van der Waals surface area contributed by atoms with Gasteiger partial charge in [-0.2, -0.15) is 0 Å². The van der Waals surface area contributed by atoms with Crippen LogP contribution in [0.25, 0.3) is 0 Å². The van der Waals surface area contributed by atoms with Crippen molar-refractivity contribution in [1.82, 2.24) is 4.90 Å². The number of hydrogen-bond donors (Lipinski definition) is 1. The van der Waals surface area contributed by atoms with E-state index in [2.05, 4.69) is 18.7 Å². The van der Waals surface area contributed by atoms with E-state index in [-0.39, 0.29) is 0 Å². The fraction of sp³-hybridized carbons (Fsp3) is 0.900. The summed E-state index contributed by atoms with van der Waals surface area (Å²) in [7, 11) is 2.00. The monoisotopic (exact) mass is 185 g/mol. The van der Waals surface area contributed by atoms with Crippen LogP contribution in [-0.4, -0.2) is 36.1 Å². The van der Waals surface area contributed by atoms with Gasteiger partial charge in [0.2, 0.25) is 0 Å². The molecule has 1 aliphatic carbocycles. The molecule has 0 amide bonds. The molecule has 0 radical (unpaired) electrons. The van der Waals surface area contributed by atoms with Crippen LogP contribution in [0.2, 0.25) is 0 Å². The van der Waals surface area contributed by atoms with Crippen molar-refractivity contribution in [2.75, 3.05) is 20.1 Å². The number of carbonyl (C=O) groups is 1. The zero-order valence-electron chi connectivity index (χ0n) is 8.71. The van der Waals surface area contributed by atoms with Gasteiger partial charge < -0.3 is 10.0 Å². The lowest BCUT2D eigenvalue weighted by atomic mass is 10.1. The van der Waals surface area contributed by atoms with Crippen LogP contribution in [0, 0.1) is 11.3 Å². The Morgan fingerprint density at radius 3 is 2.38 bits per heavy atom. The molecule has 0 aromatic rings. The number of rotatable bonds is 5.